The normalized spacial score (nSPS) is 25.5. The molecule has 2 heterocycles. The Balaban J connectivity index is 2.50. The molecule has 2 rings (SSSR count). The highest BCUT2D eigenvalue weighted by atomic mass is 16.7. The van der Waals surface area contributed by atoms with Gasteiger partial charge in [0, 0.05) is 18.9 Å². The molecule has 2 aliphatic heterocycles. The van der Waals surface area contributed by atoms with Gasteiger partial charge in [-0.25, -0.2) is 24.6 Å². The van der Waals surface area contributed by atoms with Crippen LogP contribution in [0.4, 0.5) is 9.59 Å². The van der Waals surface area contributed by atoms with E-state index < -0.39 is 41.2 Å². The summed E-state index contributed by atoms with van der Waals surface area (Å²) in [7, 11) is 0. The monoisotopic (exact) mass is 272 g/mol. The third-order valence-electron chi connectivity index (χ3n) is 2.83. The van der Waals surface area contributed by atoms with E-state index in [1.165, 1.54) is 0 Å². The maximum Gasteiger partial charge on any atom is 0.383 e. The molecule has 2 aliphatic rings. The second kappa shape index (κ2) is 3.90. The van der Waals surface area contributed by atoms with E-state index in [1.54, 1.807) is 0 Å². The van der Waals surface area contributed by atoms with Crippen molar-refractivity contribution < 1.29 is 29.4 Å². The predicted molar refractivity (Wildman–Crippen MR) is 53.8 cm³/mol. The van der Waals surface area contributed by atoms with Gasteiger partial charge >= 0.3 is 17.1 Å². The summed E-state index contributed by atoms with van der Waals surface area (Å²) in [6.07, 6.45) is -2.63. The lowest BCUT2D eigenvalue weighted by molar-refractivity contribution is -0.892. The molecule has 0 radical (unpaired) electrons. The molecule has 11 nitrogen and oxygen atoms in total. The molecule has 2 fully saturated rings. The third kappa shape index (κ3) is 1.58. The van der Waals surface area contributed by atoms with Crippen molar-refractivity contribution in [2.75, 3.05) is 0 Å². The van der Waals surface area contributed by atoms with Gasteiger partial charge in [-0.2, -0.15) is 0 Å². The number of nitrogens with zero attached hydrogens (tertiary/aromatic N) is 4. The summed E-state index contributed by atoms with van der Waals surface area (Å²) in [5.74, 6) is -1.48. The topological polar surface area (TPSA) is 130 Å². The SMILES string of the molecule is CC(=O)N1C(=O)N(C(C)=O)C2C1NC(=O)N2[N+](=O)O. The summed E-state index contributed by atoms with van der Waals surface area (Å²) in [5, 5.41) is 10.5. The van der Waals surface area contributed by atoms with Gasteiger partial charge in [-0.15, -0.1) is 0 Å². The molecule has 0 aromatic heterocycles. The summed E-state index contributed by atoms with van der Waals surface area (Å²) < 4.78 is 0. The number of carbonyl (C=O) groups is 4. The van der Waals surface area contributed by atoms with Crippen LogP contribution in [0.1, 0.15) is 13.8 Å². The fourth-order valence-electron chi connectivity index (χ4n) is 2.15. The fourth-order valence-corrected chi connectivity index (χ4v) is 2.15. The molecule has 6 amide bonds. The number of urea groups is 2. The molecule has 2 unspecified atom stereocenters. The van der Waals surface area contributed by atoms with Gasteiger partial charge in [0.15, 0.2) is 6.17 Å². The van der Waals surface area contributed by atoms with Gasteiger partial charge in [0.05, 0.1) is 0 Å². The standard InChI is InChI=1S/C8H9N5O6/c1-3(14)10-5-6(11(4(2)15)8(10)17)12(13(18)19)7(16)9-5/h5-6H,1-2H3,(H-,9,16,18,19)/p+1. The summed E-state index contributed by atoms with van der Waals surface area (Å²) in [5.41, 5.74) is 0. The highest BCUT2D eigenvalue weighted by molar-refractivity contribution is 6.04. The van der Waals surface area contributed by atoms with Crippen LogP contribution in [-0.4, -0.2) is 61.3 Å². The van der Waals surface area contributed by atoms with E-state index in [4.69, 9.17) is 5.21 Å². The number of hydrazine groups is 1. The van der Waals surface area contributed by atoms with Crippen molar-refractivity contribution in [2.24, 2.45) is 0 Å². The molecule has 0 aromatic rings. The highest BCUT2D eigenvalue weighted by Gasteiger charge is 2.64. The quantitative estimate of drug-likeness (QED) is 0.563. The number of hydrogen-bond acceptors (Lipinski definition) is 5. The molecule has 2 atom stereocenters. The van der Waals surface area contributed by atoms with E-state index in [0.29, 0.717) is 9.80 Å². The molecule has 11 heteroatoms. The van der Waals surface area contributed by atoms with Gasteiger partial charge in [0.25, 0.3) is 0 Å². The number of amides is 6. The first-order chi connectivity index (χ1) is 8.77. The Morgan fingerprint density at radius 3 is 2.16 bits per heavy atom. The number of rotatable bonds is 1. The Labute approximate surface area is 105 Å². The first-order valence-electron chi connectivity index (χ1n) is 5.16. The van der Waals surface area contributed by atoms with Crippen LogP contribution in [0.15, 0.2) is 0 Å². The lowest BCUT2D eigenvalue weighted by atomic mass is 10.3. The Bertz CT molecular complexity index is 506. The van der Waals surface area contributed by atoms with Crippen molar-refractivity contribution >= 4 is 23.9 Å². The van der Waals surface area contributed by atoms with Gasteiger partial charge in [-0.1, -0.05) is 0 Å². The predicted octanol–water partition coefficient (Wildman–Crippen LogP) is -1.42. The Kier molecular flexibility index (Phi) is 2.61. The maximum absolute atomic E-state index is 11.9. The van der Waals surface area contributed by atoms with Crippen molar-refractivity contribution in [1.82, 2.24) is 20.1 Å². The zero-order valence-electron chi connectivity index (χ0n) is 9.93. The maximum atomic E-state index is 11.9. The Morgan fingerprint density at radius 1 is 1.21 bits per heavy atom. The van der Waals surface area contributed by atoms with Crippen LogP contribution in [0.25, 0.3) is 0 Å². The van der Waals surface area contributed by atoms with Gasteiger partial charge in [0.1, 0.15) is 4.91 Å². The van der Waals surface area contributed by atoms with Crippen molar-refractivity contribution in [2.45, 2.75) is 26.2 Å². The molecular weight excluding hydrogens is 262 g/mol. The molecule has 0 aromatic carbocycles. The first-order valence-corrected chi connectivity index (χ1v) is 5.16. The second-order valence-electron chi connectivity index (χ2n) is 3.97. The van der Waals surface area contributed by atoms with Gasteiger partial charge in [0.2, 0.25) is 18.0 Å². The fraction of sp³-hybridized carbons (Fsp3) is 0.500. The average Bonchev–Trinajstić information content (AvgIpc) is 2.67. The molecule has 0 spiro atoms. The lowest BCUT2D eigenvalue weighted by Gasteiger charge is -2.17. The summed E-state index contributed by atoms with van der Waals surface area (Å²) in [4.78, 5) is 58.4. The van der Waals surface area contributed by atoms with E-state index in [0.717, 1.165) is 13.8 Å². The van der Waals surface area contributed by atoms with E-state index in [2.05, 4.69) is 5.32 Å². The zero-order chi connectivity index (χ0) is 14.5. The zero-order valence-corrected chi connectivity index (χ0v) is 9.93. The number of carbonyl (C=O) groups excluding carboxylic acids is 4. The van der Waals surface area contributed by atoms with Gasteiger partial charge in [-0.3, -0.25) is 9.59 Å². The third-order valence-corrected chi connectivity index (χ3v) is 2.83. The largest absolute Gasteiger partial charge is 0.383 e. The highest BCUT2D eigenvalue weighted by Crippen LogP contribution is 2.29. The minimum Gasteiger partial charge on any atom is -0.309 e. The van der Waals surface area contributed by atoms with Crippen LogP contribution in [0.3, 0.4) is 0 Å². The smallest absolute Gasteiger partial charge is 0.309 e. The van der Waals surface area contributed by atoms with E-state index in [1.807, 2.05) is 0 Å². The van der Waals surface area contributed by atoms with Crippen LogP contribution in [0.2, 0.25) is 0 Å². The first kappa shape index (κ1) is 12.7. The molecule has 0 bridgehead atoms. The number of hydrogen-bond donors (Lipinski definition) is 2. The minimum absolute atomic E-state index is 0.229. The van der Waals surface area contributed by atoms with Crippen molar-refractivity contribution in [1.29, 1.82) is 0 Å². The summed E-state index contributed by atoms with van der Waals surface area (Å²) >= 11 is 0. The Morgan fingerprint density at radius 2 is 1.74 bits per heavy atom. The van der Waals surface area contributed by atoms with Crippen LogP contribution in [0, 0.1) is 4.91 Å². The van der Waals surface area contributed by atoms with Crippen LogP contribution < -0.4 is 5.32 Å². The van der Waals surface area contributed by atoms with Crippen LogP contribution in [-0.2, 0) is 9.59 Å². The Hall–Kier alpha value is -2.72. The van der Waals surface area contributed by atoms with Gasteiger partial charge < -0.3 is 5.32 Å². The van der Waals surface area contributed by atoms with Crippen molar-refractivity contribution in [3.05, 3.63) is 4.91 Å². The van der Waals surface area contributed by atoms with E-state index >= 15 is 0 Å². The summed E-state index contributed by atoms with van der Waals surface area (Å²) in [6, 6.07) is -2.00. The van der Waals surface area contributed by atoms with Gasteiger partial charge in [-0.05, 0) is 0 Å². The molecule has 0 saturated carbocycles. The molecule has 0 aliphatic carbocycles. The minimum atomic E-state index is -1.41. The second-order valence-corrected chi connectivity index (χ2v) is 3.97. The molecule has 102 valence electrons. The molecular formula is C8H10N5O6+. The van der Waals surface area contributed by atoms with E-state index in [9.17, 15) is 24.1 Å². The van der Waals surface area contributed by atoms with Crippen LogP contribution >= 0.6 is 0 Å². The lowest BCUT2D eigenvalue weighted by Crippen LogP contribution is -2.51. The van der Waals surface area contributed by atoms with E-state index in [-0.39, 0.29) is 5.01 Å². The number of nitrogens with one attached hydrogen (secondary N) is 1. The van der Waals surface area contributed by atoms with Crippen molar-refractivity contribution in [3.63, 3.8) is 0 Å². The number of imide groups is 2. The van der Waals surface area contributed by atoms with Crippen LogP contribution in [0.5, 0.6) is 0 Å². The molecule has 2 N–H and O–H groups in total. The molecule has 2 saturated heterocycles. The van der Waals surface area contributed by atoms with Crippen molar-refractivity contribution in [3.8, 4) is 0 Å². The number of fused-ring (bicyclic) bond motifs is 1. The molecule has 19 heavy (non-hydrogen) atoms. The average molecular weight is 272 g/mol. The summed E-state index contributed by atoms with van der Waals surface area (Å²) in [6.45, 7) is 2.10.